The van der Waals surface area contributed by atoms with Gasteiger partial charge in [0.15, 0.2) is 11.1 Å². The molecule has 1 atom stereocenters. The first-order valence-corrected chi connectivity index (χ1v) is 3.57. The summed E-state index contributed by atoms with van der Waals surface area (Å²) in [6.45, 7) is 0. The molecular formula is C6H6CaO2S. The van der Waals surface area contributed by atoms with Crippen LogP contribution in [0.25, 0.3) is 0 Å². The summed E-state index contributed by atoms with van der Waals surface area (Å²) in [5, 5.41) is 0. The molecule has 1 unspecified atom stereocenters. The second-order valence-electron chi connectivity index (χ2n) is 1.56. The predicted molar refractivity (Wildman–Crippen MR) is 41.2 cm³/mol. The standard InChI is InChI=1S/C6H6O2S.Ca/c7-9(8)6-4-2-1-3-5-6;/h1-5H,(H,7,8);. The molecule has 1 aromatic carbocycles. The first-order chi connectivity index (χ1) is 4.30. The van der Waals surface area contributed by atoms with Gasteiger partial charge in [-0.3, -0.25) is 0 Å². The van der Waals surface area contributed by atoms with E-state index in [1.165, 1.54) is 0 Å². The van der Waals surface area contributed by atoms with Crippen molar-refractivity contribution in [2.24, 2.45) is 0 Å². The Morgan fingerprint density at radius 3 is 2.00 bits per heavy atom. The van der Waals surface area contributed by atoms with Crippen molar-refractivity contribution < 1.29 is 8.76 Å². The maximum Gasteiger partial charge on any atom is 0.186 e. The Hall–Kier alpha value is 0.590. The fraction of sp³-hybridized carbons (Fsp3) is 0. The van der Waals surface area contributed by atoms with Gasteiger partial charge in [0.05, 0.1) is 4.90 Å². The first-order valence-electron chi connectivity index (χ1n) is 2.46. The molecule has 0 heterocycles. The van der Waals surface area contributed by atoms with Crippen LogP contribution in [-0.4, -0.2) is 46.5 Å². The van der Waals surface area contributed by atoms with Gasteiger partial charge >= 0.3 is 0 Å². The summed E-state index contributed by atoms with van der Waals surface area (Å²) in [4.78, 5) is 0.442. The Bertz CT molecular complexity index is 212. The Balaban J connectivity index is 0.000000810. The second-order valence-corrected chi connectivity index (χ2v) is 2.53. The van der Waals surface area contributed by atoms with Gasteiger partial charge in [0.25, 0.3) is 0 Å². The molecule has 0 spiro atoms. The van der Waals surface area contributed by atoms with Gasteiger partial charge < -0.3 is 4.55 Å². The van der Waals surface area contributed by atoms with Crippen LogP contribution in [0.3, 0.4) is 0 Å². The predicted octanol–water partition coefficient (Wildman–Crippen LogP) is 0.886. The van der Waals surface area contributed by atoms with Gasteiger partial charge in [0.1, 0.15) is 0 Å². The molecule has 50 valence electrons. The van der Waals surface area contributed by atoms with Crippen LogP contribution in [-0.2, 0) is 11.1 Å². The van der Waals surface area contributed by atoms with Crippen LogP contribution in [0.2, 0.25) is 0 Å². The molecule has 1 N–H and O–H groups in total. The zero-order valence-electron chi connectivity index (χ0n) is 5.36. The minimum Gasteiger partial charge on any atom is -0.302 e. The average Bonchev–Trinajstić information content (AvgIpc) is 1.90. The number of hydrogen-bond donors (Lipinski definition) is 1. The van der Waals surface area contributed by atoms with E-state index in [-0.39, 0.29) is 37.7 Å². The summed E-state index contributed by atoms with van der Waals surface area (Å²) in [6.07, 6.45) is 0. The number of hydrogen-bond acceptors (Lipinski definition) is 1. The van der Waals surface area contributed by atoms with Crippen molar-refractivity contribution in [2.45, 2.75) is 4.90 Å². The van der Waals surface area contributed by atoms with Crippen molar-refractivity contribution in [3.05, 3.63) is 30.3 Å². The molecule has 0 aliphatic carbocycles. The van der Waals surface area contributed by atoms with Crippen LogP contribution in [0.4, 0.5) is 0 Å². The van der Waals surface area contributed by atoms with E-state index < -0.39 is 11.1 Å². The minimum absolute atomic E-state index is 0. The Morgan fingerprint density at radius 2 is 1.70 bits per heavy atom. The van der Waals surface area contributed by atoms with Gasteiger partial charge in [-0.2, -0.15) is 0 Å². The summed E-state index contributed by atoms with van der Waals surface area (Å²) < 4.78 is 18.8. The topological polar surface area (TPSA) is 37.3 Å². The fourth-order valence-corrected chi connectivity index (χ4v) is 0.927. The molecule has 2 radical (unpaired) electrons. The minimum atomic E-state index is -1.83. The molecule has 1 aromatic rings. The van der Waals surface area contributed by atoms with Crippen LogP contribution in [0.15, 0.2) is 35.2 Å². The second kappa shape index (κ2) is 5.27. The Kier molecular flexibility index (Phi) is 5.58. The molecule has 10 heavy (non-hydrogen) atoms. The zero-order chi connectivity index (χ0) is 6.69. The Morgan fingerprint density at radius 1 is 1.20 bits per heavy atom. The van der Waals surface area contributed by atoms with Crippen molar-refractivity contribution in [2.75, 3.05) is 0 Å². The van der Waals surface area contributed by atoms with E-state index in [1.807, 2.05) is 0 Å². The maximum atomic E-state index is 10.3. The fourth-order valence-electron chi connectivity index (χ4n) is 0.537. The third-order valence-corrected chi connectivity index (χ3v) is 1.62. The van der Waals surface area contributed by atoms with Crippen molar-refractivity contribution in [1.82, 2.24) is 0 Å². The van der Waals surface area contributed by atoms with E-state index in [0.717, 1.165) is 0 Å². The summed E-state index contributed by atoms with van der Waals surface area (Å²) in [5.74, 6) is 0. The molecule has 0 aliphatic heterocycles. The van der Waals surface area contributed by atoms with Gasteiger partial charge in [0, 0.05) is 37.7 Å². The van der Waals surface area contributed by atoms with Crippen molar-refractivity contribution in [3.8, 4) is 0 Å². The Labute approximate surface area is 91.9 Å². The van der Waals surface area contributed by atoms with Crippen LogP contribution >= 0.6 is 0 Å². The van der Waals surface area contributed by atoms with E-state index in [0.29, 0.717) is 4.90 Å². The van der Waals surface area contributed by atoms with Crippen molar-refractivity contribution in [3.63, 3.8) is 0 Å². The van der Waals surface area contributed by atoms with Crippen molar-refractivity contribution >= 4 is 48.8 Å². The van der Waals surface area contributed by atoms with Gasteiger partial charge in [-0.15, -0.1) is 0 Å². The molecular weight excluding hydrogens is 176 g/mol. The van der Waals surface area contributed by atoms with Crippen LogP contribution in [0.5, 0.6) is 0 Å². The SMILES string of the molecule is O=S(O)c1ccccc1.[Ca]. The summed E-state index contributed by atoms with van der Waals surface area (Å²) in [5.41, 5.74) is 0. The molecule has 0 fully saturated rings. The average molecular weight is 182 g/mol. The van der Waals surface area contributed by atoms with Crippen LogP contribution < -0.4 is 0 Å². The number of rotatable bonds is 1. The van der Waals surface area contributed by atoms with Crippen LogP contribution in [0, 0.1) is 0 Å². The smallest absolute Gasteiger partial charge is 0.186 e. The van der Waals surface area contributed by atoms with Gasteiger partial charge in [-0.1, -0.05) is 18.2 Å². The molecule has 2 nitrogen and oxygen atoms in total. The summed E-state index contributed by atoms with van der Waals surface area (Å²) in [7, 11) is 0. The van der Waals surface area contributed by atoms with E-state index in [2.05, 4.69) is 0 Å². The van der Waals surface area contributed by atoms with Gasteiger partial charge in [-0.05, 0) is 12.1 Å². The van der Waals surface area contributed by atoms with E-state index in [9.17, 15) is 4.21 Å². The zero-order valence-corrected chi connectivity index (χ0v) is 8.38. The first kappa shape index (κ1) is 10.6. The molecule has 1 rings (SSSR count). The molecule has 0 aliphatic rings. The monoisotopic (exact) mass is 182 g/mol. The summed E-state index contributed by atoms with van der Waals surface area (Å²) >= 11 is -1.83. The van der Waals surface area contributed by atoms with Gasteiger partial charge in [0.2, 0.25) is 0 Å². The quantitative estimate of drug-likeness (QED) is 0.517. The van der Waals surface area contributed by atoms with Crippen molar-refractivity contribution in [1.29, 1.82) is 0 Å². The third kappa shape index (κ3) is 3.12. The maximum absolute atomic E-state index is 10.3. The molecule has 4 heteroatoms. The third-order valence-electron chi connectivity index (χ3n) is 0.945. The molecule has 0 saturated heterocycles. The normalized spacial score (nSPS) is 11.7. The van der Waals surface area contributed by atoms with E-state index >= 15 is 0 Å². The summed E-state index contributed by atoms with van der Waals surface area (Å²) in [6, 6.07) is 8.47. The molecule has 0 aromatic heterocycles. The molecule has 0 bridgehead atoms. The largest absolute Gasteiger partial charge is 0.302 e. The number of benzene rings is 1. The van der Waals surface area contributed by atoms with Gasteiger partial charge in [-0.25, -0.2) is 4.21 Å². The van der Waals surface area contributed by atoms with Crippen LogP contribution in [0.1, 0.15) is 0 Å². The molecule has 0 amide bonds. The van der Waals surface area contributed by atoms with E-state index in [4.69, 9.17) is 4.55 Å². The van der Waals surface area contributed by atoms with E-state index in [1.54, 1.807) is 30.3 Å². The molecule has 0 saturated carbocycles.